The summed E-state index contributed by atoms with van der Waals surface area (Å²) in [5.41, 5.74) is 0.478. The maximum atomic E-state index is 13.8. The molecule has 0 saturated heterocycles. The summed E-state index contributed by atoms with van der Waals surface area (Å²) in [6.07, 6.45) is 4.29. The Labute approximate surface area is 264 Å². The third-order valence-corrected chi connectivity index (χ3v) is 10.3. The molecule has 1 aliphatic heterocycles. The van der Waals surface area contributed by atoms with Crippen LogP contribution in [0, 0.1) is 0 Å². The fourth-order valence-corrected chi connectivity index (χ4v) is 8.57. The first-order chi connectivity index (χ1) is 20.8. The van der Waals surface area contributed by atoms with Crippen LogP contribution in [0.25, 0.3) is 53.9 Å². The number of hydrogen-bond donors (Lipinski definition) is 3. The van der Waals surface area contributed by atoms with Gasteiger partial charge in [0, 0.05) is 70.3 Å². The van der Waals surface area contributed by atoms with Crippen LogP contribution in [0.4, 0.5) is 5.69 Å². The van der Waals surface area contributed by atoms with Gasteiger partial charge >= 0.3 is 0 Å². The Balaban J connectivity index is 1.56. The molecule has 2 unspecified atom stereocenters. The first kappa shape index (κ1) is 27.7. The van der Waals surface area contributed by atoms with Crippen molar-refractivity contribution in [1.29, 1.82) is 0 Å². The van der Waals surface area contributed by atoms with Gasteiger partial charge in [0.25, 0.3) is 5.56 Å². The van der Waals surface area contributed by atoms with Crippen molar-refractivity contribution in [3.8, 4) is 5.88 Å². The van der Waals surface area contributed by atoms with Gasteiger partial charge in [-0.2, -0.15) is 0 Å². The summed E-state index contributed by atoms with van der Waals surface area (Å²) in [5.74, 6) is -0.234. The zero-order chi connectivity index (χ0) is 29.7. The molecular formula is C32H25Cl4N3O4. The van der Waals surface area contributed by atoms with Crippen LogP contribution in [0.3, 0.4) is 0 Å². The van der Waals surface area contributed by atoms with Gasteiger partial charge in [-0.05, 0) is 37.1 Å². The number of nitrogens with zero attached hydrogens (tertiary/aromatic N) is 2. The summed E-state index contributed by atoms with van der Waals surface area (Å²) >= 11 is 28.4. The molecule has 220 valence electrons. The van der Waals surface area contributed by atoms with Crippen molar-refractivity contribution in [3.05, 3.63) is 60.1 Å². The molecule has 1 aliphatic carbocycles. The van der Waals surface area contributed by atoms with E-state index in [2.05, 4.69) is 5.32 Å². The minimum Gasteiger partial charge on any atom is -0.494 e. The van der Waals surface area contributed by atoms with E-state index in [1.165, 1.54) is 4.57 Å². The fourth-order valence-electron chi connectivity index (χ4n) is 7.39. The van der Waals surface area contributed by atoms with Crippen molar-refractivity contribution >= 4 is 106 Å². The van der Waals surface area contributed by atoms with E-state index >= 15 is 0 Å². The standard InChI is InChI=1S/C32H25Cl4N3O4/c33-15-9-13-23-14(32(42)39(31(13)41)5-7-43-8-6-40)10-16(34)25-27-18(36)12-22-28-21(37-19-3-1-2-4-20(19)38-22)11-17(35)26(30(27)28)24(15)29(23)25/h9-12,19-20,37,40,42H,1-8H2. The van der Waals surface area contributed by atoms with Gasteiger partial charge in [-0.1, -0.05) is 59.2 Å². The van der Waals surface area contributed by atoms with Gasteiger partial charge in [0.15, 0.2) is 0 Å². The number of anilines is 1. The Hall–Kier alpha value is -2.78. The summed E-state index contributed by atoms with van der Waals surface area (Å²) in [6, 6.07) is 7.48. The number of aliphatic hydroxyl groups excluding tert-OH is 1. The summed E-state index contributed by atoms with van der Waals surface area (Å²) in [7, 11) is 0. The van der Waals surface area contributed by atoms with Crippen LogP contribution >= 0.6 is 46.4 Å². The van der Waals surface area contributed by atoms with E-state index in [9.17, 15) is 9.90 Å². The van der Waals surface area contributed by atoms with E-state index < -0.39 is 5.56 Å². The van der Waals surface area contributed by atoms with Crippen LogP contribution in [-0.2, 0) is 11.3 Å². The van der Waals surface area contributed by atoms with Crippen molar-refractivity contribution in [2.24, 2.45) is 4.99 Å². The van der Waals surface area contributed by atoms with Gasteiger partial charge in [0.2, 0.25) is 5.88 Å². The molecule has 1 fully saturated rings. The Morgan fingerprint density at radius 2 is 1.44 bits per heavy atom. The normalized spacial score (nSPS) is 18.5. The Morgan fingerprint density at radius 3 is 2.16 bits per heavy atom. The predicted octanol–water partition coefficient (Wildman–Crippen LogP) is 7.46. The Morgan fingerprint density at radius 1 is 0.814 bits per heavy atom. The second-order valence-electron chi connectivity index (χ2n) is 11.4. The molecule has 11 heteroatoms. The van der Waals surface area contributed by atoms with Gasteiger partial charge in [-0.25, -0.2) is 0 Å². The topological polar surface area (TPSA) is 96.1 Å². The number of halogens is 4. The molecule has 0 radical (unpaired) electrons. The van der Waals surface area contributed by atoms with E-state index in [0.717, 1.165) is 47.5 Å². The quantitative estimate of drug-likeness (QED) is 0.102. The van der Waals surface area contributed by atoms with Crippen LogP contribution in [0.15, 0.2) is 34.1 Å². The highest BCUT2D eigenvalue weighted by atomic mass is 35.5. The minimum absolute atomic E-state index is 0.0776. The van der Waals surface area contributed by atoms with E-state index in [1.807, 2.05) is 12.1 Å². The second kappa shape index (κ2) is 10.1. The van der Waals surface area contributed by atoms with Crippen molar-refractivity contribution in [2.45, 2.75) is 44.3 Å². The van der Waals surface area contributed by atoms with E-state index in [0.29, 0.717) is 63.2 Å². The largest absolute Gasteiger partial charge is 0.494 e. The Bertz CT molecular complexity index is 2250. The minimum atomic E-state index is -0.422. The first-order valence-corrected chi connectivity index (χ1v) is 15.8. The van der Waals surface area contributed by atoms with Crippen LogP contribution in [0.1, 0.15) is 25.7 Å². The number of aromatic nitrogens is 1. The van der Waals surface area contributed by atoms with E-state index in [4.69, 9.17) is 61.2 Å². The number of pyridine rings is 1. The maximum absolute atomic E-state index is 13.8. The van der Waals surface area contributed by atoms with E-state index in [1.54, 1.807) is 12.1 Å². The van der Waals surface area contributed by atoms with Crippen LogP contribution < -0.4 is 16.2 Å². The number of nitrogens with one attached hydrogen (secondary N) is 1. The van der Waals surface area contributed by atoms with Crippen molar-refractivity contribution in [1.82, 2.24) is 4.57 Å². The molecule has 7 nitrogen and oxygen atoms in total. The number of benzene rings is 5. The van der Waals surface area contributed by atoms with Crippen molar-refractivity contribution < 1.29 is 14.9 Å². The highest BCUT2D eigenvalue weighted by molar-refractivity contribution is 6.55. The smallest absolute Gasteiger partial charge is 0.261 e. The first-order valence-electron chi connectivity index (χ1n) is 14.3. The Kier molecular flexibility index (Phi) is 6.53. The van der Waals surface area contributed by atoms with E-state index in [-0.39, 0.29) is 44.3 Å². The summed E-state index contributed by atoms with van der Waals surface area (Å²) in [5, 5.41) is 32.9. The number of fused-ring (bicyclic) bond motifs is 3. The molecule has 1 saturated carbocycles. The molecule has 43 heavy (non-hydrogen) atoms. The highest BCUT2D eigenvalue weighted by Gasteiger charge is 2.31. The highest BCUT2D eigenvalue weighted by Crippen LogP contribution is 2.52. The summed E-state index contributed by atoms with van der Waals surface area (Å²) in [6.45, 7) is 0.183. The lowest BCUT2D eigenvalue weighted by atomic mass is 9.86. The van der Waals surface area contributed by atoms with Crippen LogP contribution in [0.2, 0.25) is 20.1 Å². The third-order valence-electron chi connectivity index (χ3n) is 9.14. The van der Waals surface area contributed by atoms with Crippen molar-refractivity contribution in [3.63, 3.8) is 0 Å². The average Bonchev–Trinajstić information content (AvgIpc) is 3.13. The molecule has 0 amide bonds. The molecule has 6 aromatic rings. The number of rotatable bonds is 5. The zero-order valence-corrected chi connectivity index (χ0v) is 25.8. The third kappa shape index (κ3) is 3.89. The van der Waals surface area contributed by atoms with Crippen LogP contribution in [-0.4, -0.2) is 46.7 Å². The fraction of sp³-hybridized carbons (Fsp3) is 0.312. The zero-order valence-electron chi connectivity index (χ0n) is 22.7. The SMILES string of the molecule is O=c1c2cc(Cl)c3c4c(Cl)cc5c6c(cc(Cl)c(c7c(Cl)cc(c(O)n1CCOCCO)c2c73)c64)=NC1CCCCC1N5. The molecular weight excluding hydrogens is 632 g/mol. The number of aromatic hydroxyl groups is 1. The molecule has 3 N–H and O–H groups in total. The lowest BCUT2D eigenvalue weighted by Crippen LogP contribution is -2.35. The molecule has 2 aliphatic rings. The lowest BCUT2D eigenvalue weighted by Gasteiger charge is -2.29. The molecule has 1 aromatic heterocycles. The number of hydrogen-bond acceptors (Lipinski definition) is 6. The van der Waals surface area contributed by atoms with Crippen LogP contribution in [0.5, 0.6) is 5.88 Å². The van der Waals surface area contributed by atoms with Gasteiger partial charge in [0.1, 0.15) is 0 Å². The molecule has 2 atom stereocenters. The molecule has 2 heterocycles. The van der Waals surface area contributed by atoms with Gasteiger partial charge < -0.3 is 20.3 Å². The molecule has 8 rings (SSSR count). The molecule has 0 bridgehead atoms. The molecule has 5 aromatic carbocycles. The predicted molar refractivity (Wildman–Crippen MR) is 175 cm³/mol. The average molecular weight is 657 g/mol. The monoisotopic (exact) mass is 655 g/mol. The lowest BCUT2D eigenvalue weighted by molar-refractivity contribution is 0.0856. The number of aliphatic hydroxyl groups is 1. The number of ether oxygens (including phenoxy) is 1. The second-order valence-corrected chi connectivity index (χ2v) is 13.1. The maximum Gasteiger partial charge on any atom is 0.261 e. The summed E-state index contributed by atoms with van der Waals surface area (Å²) in [4.78, 5) is 19.0. The molecule has 0 spiro atoms. The van der Waals surface area contributed by atoms with Crippen molar-refractivity contribution in [2.75, 3.05) is 25.1 Å². The van der Waals surface area contributed by atoms with Gasteiger partial charge in [-0.15, -0.1) is 0 Å². The van der Waals surface area contributed by atoms with Gasteiger partial charge in [0.05, 0.1) is 53.2 Å². The summed E-state index contributed by atoms with van der Waals surface area (Å²) < 4.78 is 6.60. The van der Waals surface area contributed by atoms with Gasteiger partial charge in [-0.3, -0.25) is 14.4 Å².